The molecule has 20 heavy (non-hydrogen) atoms. The summed E-state index contributed by atoms with van der Waals surface area (Å²) in [6.45, 7) is 15.5. The molecule has 0 amide bonds. The minimum atomic E-state index is 0.686. The zero-order valence-electron chi connectivity index (χ0n) is 14.6. The van der Waals surface area contributed by atoms with E-state index in [4.69, 9.17) is 0 Å². The van der Waals surface area contributed by atoms with Crippen LogP contribution in [0, 0.1) is 11.8 Å². The third-order valence-electron chi connectivity index (χ3n) is 5.14. The summed E-state index contributed by atoms with van der Waals surface area (Å²) in [5.74, 6) is 1.56. The van der Waals surface area contributed by atoms with Crippen molar-refractivity contribution in [2.45, 2.75) is 85.2 Å². The van der Waals surface area contributed by atoms with E-state index in [2.05, 4.69) is 44.8 Å². The number of nitrogens with one attached hydrogen (secondary N) is 1. The van der Waals surface area contributed by atoms with Crippen molar-refractivity contribution < 1.29 is 0 Å². The highest BCUT2D eigenvalue weighted by Gasteiger charge is 2.31. The summed E-state index contributed by atoms with van der Waals surface area (Å²) in [7, 11) is 0. The summed E-state index contributed by atoms with van der Waals surface area (Å²) in [6, 6.07) is 1.44. The van der Waals surface area contributed by atoms with Crippen molar-refractivity contribution in [2.75, 3.05) is 19.6 Å². The van der Waals surface area contributed by atoms with Gasteiger partial charge in [0.05, 0.1) is 0 Å². The zero-order chi connectivity index (χ0) is 15.0. The SMILES string of the molecule is CCCCCCCN1CC(C(C)C)NCC1C(C)CC. The van der Waals surface area contributed by atoms with Gasteiger partial charge >= 0.3 is 0 Å². The van der Waals surface area contributed by atoms with E-state index in [-0.39, 0.29) is 0 Å². The van der Waals surface area contributed by atoms with Gasteiger partial charge in [-0.25, -0.2) is 0 Å². The van der Waals surface area contributed by atoms with Gasteiger partial charge in [-0.05, 0) is 24.8 Å². The molecule has 0 aliphatic carbocycles. The molecule has 1 saturated heterocycles. The van der Waals surface area contributed by atoms with Crippen LogP contribution in [-0.4, -0.2) is 36.6 Å². The second kappa shape index (κ2) is 9.78. The number of piperazine rings is 1. The van der Waals surface area contributed by atoms with Gasteiger partial charge in [-0.15, -0.1) is 0 Å². The molecule has 3 unspecified atom stereocenters. The summed E-state index contributed by atoms with van der Waals surface area (Å²) < 4.78 is 0. The summed E-state index contributed by atoms with van der Waals surface area (Å²) in [5.41, 5.74) is 0. The molecule has 1 aliphatic rings. The lowest BCUT2D eigenvalue weighted by Crippen LogP contribution is -2.60. The van der Waals surface area contributed by atoms with Gasteiger partial charge in [0.2, 0.25) is 0 Å². The minimum absolute atomic E-state index is 0.686. The molecule has 0 saturated carbocycles. The third kappa shape index (κ3) is 5.73. The van der Waals surface area contributed by atoms with Crippen molar-refractivity contribution in [2.24, 2.45) is 11.8 Å². The molecule has 0 aromatic rings. The molecule has 1 heterocycles. The molecule has 2 heteroatoms. The lowest BCUT2D eigenvalue weighted by atomic mass is 9.91. The monoisotopic (exact) mass is 282 g/mol. The molecule has 0 radical (unpaired) electrons. The first-order chi connectivity index (χ1) is 9.60. The molecule has 2 nitrogen and oxygen atoms in total. The fourth-order valence-corrected chi connectivity index (χ4v) is 3.31. The van der Waals surface area contributed by atoms with Crippen LogP contribution in [0.15, 0.2) is 0 Å². The fraction of sp³-hybridized carbons (Fsp3) is 1.00. The largest absolute Gasteiger partial charge is 0.311 e. The van der Waals surface area contributed by atoms with Gasteiger partial charge in [0, 0.05) is 25.2 Å². The average Bonchev–Trinajstić information content (AvgIpc) is 2.46. The van der Waals surface area contributed by atoms with Crippen molar-refractivity contribution >= 4 is 0 Å². The highest BCUT2D eigenvalue weighted by Crippen LogP contribution is 2.21. The predicted molar refractivity (Wildman–Crippen MR) is 90.2 cm³/mol. The lowest BCUT2D eigenvalue weighted by molar-refractivity contribution is 0.0772. The second-order valence-electron chi connectivity index (χ2n) is 7.12. The topological polar surface area (TPSA) is 15.3 Å². The highest BCUT2D eigenvalue weighted by atomic mass is 15.2. The lowest BCUT2D eigenvalue weighted by Gasteiger charge is -2.44. The molecule has 120 valence electrons. The first-order valence-corrected chi connectivity index (χ1v) is 9.07. The number of hydrogen-bond acceptors (Lipinski definition) is 2. The van der Waals surface area contributed by atoms with E-state index in [1.54, 1.807) is 0 Å². The van der Waals surface area contributed by atoms with E-state index in [0.717, 1.165) is 17.9 Å². The minimum Gasteiger partial charge on any atom is -0.311 e. The fourth-order valence-electron chi connectivity index (χ4n) is 3.31. The van der Waals surface area contributed by atoms with Gasteiger partial charge in [-0.3, -0.25) is 4.90 Å². The molecule has 0 bridgehead atoms. The van der Waals surface area contributed by atoms with Gasteiger partial charge in [-0.1, -0.05) is 66.7 Å². The Morgan fingerprint density at radius 1 is 1.05 bits per heavy atom. The maximum atomic E-state index is 3.78. The quantitative estimate of drug-likeness (QED) is 0.634. The van der Waals surface area contributed by atoms with Crippen LogP contribution < -0.4 is 5.32 Å². The van der Waals surface area contributed by atoms with Crippen molar-refractivity contribution in [3.8, 4) is 0 Å². The van der Waals surface area contributed by atoms with Crippen LogP contribution in [0.3, 0.4) is 0 Å². The Kier molecular flexibility index (Phi) is 8.79. The van der Waals surface area contributed by atoms with Crippen LogP contribution in [0.1, 0.15) is 73.1 Å². The summed E-state index contributed by atoms with van der Waals surface area (Å²) >= 11 is 0. The molecule has 1 rings (SSSR count). The van der Waals surface area contributed by atoms with Gasteiger partial charge < -0.3 is 5.32 Å². The van der Waals surface area contributed by atoms with Crippen LogP contribution in [-0.2, 0) is 0 Å². The molecule has 0 aromatic heterocycles. The van der Waals surface area contributed by atoms with Crippen molar-refractivity contribution in [1.82, 2.24) is 10.2 Å². The Hall–Kier alpha value is -0.0800. The molecule has 0 aromatic carbocycles. The maximum absolute atomic E-state index is 3.78. The number of hydrogen-bond donors (Lipinski definition) is 1. The van der Waals surface area contributed by atoms with Crippen LogP contribution in [0.5, 0.6) is 0 Å². The molecule has 0 spiro atoms. The van der Waals surface area contributed by atoms with Crippen LogP contribution in [0.25, 0.3) is 0 Å². The maximum Gasteiger partial charge on any atom is 0.0246 e. The number of rotatable bonds is 9. The molecular formula is C18H38N2. The molecule has 1 N–H and O–H groups in total. The van der Waals surface area contributed by atoms with Crippen molar-refractivity contribution in [3.63, 3.8) is 0 Å². The van der Waals surface area contributed by atoms with Gasteiger partial charge in [0.1, 0.15) is 0 Å². The van der Waals surface area contributed by atoms with Crippen LogP contribution in [0.2, 0.25) is 0 Å². The van der Waals surface area contributed by atoms with Crippen molar-refractivity contribution in [1.29, 1.82) is 0 Å². The second-order valence-corrected chi connectivity index (χ2v) is 7.12. The number of nitrogens with zero attached hydrogens (tertiary/aromatic N) is 1. The van der Waals surface area contributed by atoms with Gasteiger partial charge in [-0.2, -0.15) is 0 Å². The predicted octanol–water partition coefficient (Wildman–Crippen LogP) is 4.30. The molecule has 1 aliphatic heterocycles. The highest BCUT2D eigenvalue weighted by molar-refractivity contribution is 4.89. The Bertz CT molecular complexity index is 240. The van der Waals surface area contributed by atoms with Crippen LogP contribution >= 0.6 is 0 Å². The third-order valence-corrected chi connectivity index (χ3v) is 5.14. The van der Waals surface area contributed by atoms with Crippen molar-refractivity contribution in [3.05, 3.63) is 0 Å². The van der Waals surface area contributed by atoms with Gasteiger partial charge in [0.25, 0.3) is 0 Å². The average molecular weight is 283 g/mol. The zero-order valence-corrected chi connectivity index (χ0v) is 14.6. The van der Waals surface area contributed by atoms with Gasteiger partial charge in [0.15, 0.2) is 0 Å². The standard InChI is InChI=1S/C18H38N2/c1-6-8-9-10-11-12-20-14-17(15(3)4)19-13-18(20)16(5)7-2/h15-19H,6-14H2,1-5H3. The summed E-state index contributed by atoms with van der Waals surface area (Å²) in [5, 5.41) is 3.78. The van der Waals surface area contributed by atoms with Crippen LogP contribution in [0.4, 0.5) is 0 Å². The normalized spacial score (nSPS) is 26.1. The van der Waals surface area contributed by atoms with E-state index in [9.17, 15) is 0 Å². The van der Waals surface area contributed by atoms with E-state index >= 15 is 0 Å². The Morgan fingerprint density at radius 2 is 1.75 bits per heavy atom. The Labute approximate surface area is 127 Å². The molecule has 1 fully saturated rings. The first-order valence-electron chi connectivity index (χ1n) is 9.07. The van der Waals surface area contributed by atoms with E-state index in [0.29, 0.717) is 6.04 Å². The molecule has 3 atom stereocenters. The summed E-state index contributed by atoms with van der Waals surface area (Å²) in [4.78, 5) is 2.79. The summed E-state index contributed by atoms with van der Waals surface area (Å²) in [6.07, 6.45) is 8.27. The van der Waals surface area contributed by atoms with E-state index in [1.807, 2.05) is 0 Å². The molecular weight excluding hydrogens is 244 g/mol. The van der Waals surface area contributed by atoms with E-state index < -0.39 is 0 Å². The number of unbranched alkanes of at least 4 members (excludes halogenated alkanes) is 4. The smallest absolute Gasteiger partial charge is 0.0246 e. The first kappa shape index (κ1) is 18.0. The van der Waals surface area contributed by atoms with E-state index in [1.165, 1.54) is 58.2 Å². The Balaban J connectivity index is 2.44. The Morgan fingerprint density at radius 3 is 2.35 bits per heavy atom.